The Hall–Kier alpha value is -0.800. The second-order valence-electron chi connectivity index (χ2n) is 4.82. The van der Waals surface area contributed by atoms with Crippen molar-refractivity contribution in [1.82, 2.24) is 10.2 Å². The van der Waals surface area contributed by atoms with Gasteiger partial charge in [-0.2, -0.15) is 0 Å². The fourth-order valence-electron chi connectivity index (χ4n) is 2.33. The van der Waals surface area contributed by atoms with Crippen LogP contribution < -0.4 is 5.32 Å². The highest BCUT2D eigenvalue weighted by Gasteiger charge is 2.14. The summed E-state index contributed by atoms with van der Waals surface area (Å²) in [6.45, 7) is 8.04. The lowest BCUT2D eigenvalue weighted by Crippen LogP contribution is -2.31. The fraction of sp³-hybridized carbons (Fsp3) is 0.692. The summed E-state index contributed by atoms with van der Waals surface area (Å²) in [6, 6.07) is 3.95. The van der Waals surface area contributed by atoms with Gasteiger partial charge in [-0.25, -0.2) is 0 Å². The summed E-state index contributed by atoms with van der Waals surface area (Å²) in [5.74, 6) is 1.74. The summed E-state index contributed by atoms with van der Waals surface area (Å²) in [5, 5.41) is 3.44. The van der Waals surface area contributed by atoms with Crippen LogP contribution in [0.1, 0.15) is 25.5 Å². The average Bonchev–Trinajstić information content (AvgIpc) is 2.90. The van der Waals surface area contributed by atoms with Gasteiger partial charge in [0.15, 0.2) is 0 Å². The number of nitrogens with one attached hydrogen (secondary N) is 1. The van der Waals surface area contributed by atoms with Crippen molar-refractivity contribution in [2.45, 2.75) is 26.3 Å². The van der Waals surface area contributed by atoms with Crippen LogP contribution in [0.25, 0.3) is 0 Å². The number of rotatable bonds is 6. The molecule has 0 bridgehead atoms. The Morgan fingerprint density at radius 3 is 2.94 bits per heavy atom. The van der Waals surface area contributed by atoms with Crippen LogP contribution in [-0.2, 0) is 6.54 Å². The van der Waals surface area contributed by atoms with E-state index in [0.717, 1.165) is 18.8 Å². The van der Waals surface area contributed by atoms with Gasteiger partial charge in [0.1, 0.15) is 5.76 Å². The van der Waals surface area contributed by atoms with Gasteiger partial charge in [-0.15, -0.1) is 0 Å². The molecule has 0 radical (unpaired) electrons. The molecule has 2 rings (SSSR count). The summed E-state index contributed by atoms with van der Waals surface area (Å²) in [5.41, 5.74) is 0. The molecule has 1 saturated heterocycles. The largest absolute Gasteiger partial charge is 0.468 e. The van der Waals surface area contributed by atoms with Gasteiger partial charge in [0.2, 0.25) is 0 Å². The van der Waals surface area contributed by atoms with Crippen LogP contribution in [0, 0.1) is 5.92 Å². The van der Waals surface area contributed by atoms with Gasteiger partial charge < -0.3 is 14.6 Å². The fourth-order valence-corrected chi connectivity index (χ4v) is 2.33. The zero-order valence-corrected chi connectivity index (χ0v) is 10.1. The second kappa shape index (κ2) is 6.06. The lowest BCUT2D eigenvalue weighted by atomic mass is 10.1. The predicted octanol–water partition coefficient (Wildman–Crippen LogP) is 2.10. The minimum Gasteiger partial charge on any atom is -0.468 e. The SMILES string of the molecule is CC(CNCc1ccco1)CN1CCCC1. The normalized spacial score (nSPS) is 19.1. The Bertz CT molecular complexity index is 278. The predicted molar refractivity (Wildman–Crippen MR) is 65.3 cm³/mol. The molecule has 1 fully saturated rings. The van der Waals surface area contributed by atoms with Crippen molar-refractivity contribution in [3.63, 3.8) is 0 Å². The van der Waals surface area contributed by atoms with Gasteiger partial charge in [0, 0.05) is 6.54 Å². The van der Waals surface area contributed by atoms with Gasteiger partial charge >= 0.3 is 0 Å². The molecule has 1 aliphatic heterocycles. The molecule has 2 heterocycles. The van der Waals surface area contributed by atoms with Crippen molar-refractivity contribution in [1.29, 1.82) is 0 Å². The Morgan fingerprint density at radius 2 is 2.25 bits per heavy atom. The molecule has 1 N–H and O–H groups in total. The second-order valence-corrected chi connectivity index (χ2v) is 4.82. The van der Waals surface area contributed by atoms with E-state index < -0.39 is 0 Å². The maximum absolute atomic E-state index is 5.28. The molecular formula is C13H22N2O. The maximum atomic E-state index is 5.28. The van der Waals surface area contributed by atoms with E-state index in [9.17, 15) is 0 Å². The van der Waals surface area contributed by atoms with Gasteiger partial charge in [0.05, 0.1) is 12.8 Å². The first-order valence-electron chi connectivity index (χ1n) is 6.30. The van der Waals surface area contributed by atoms with Crippen molar-refractivity contribution in [3.8, 4) is 0 Å². The first kappa shape index (κ1) is 11.7. The molecule has 3 heteroatoms. The Labute approximate surface area is 97.8 Å². The van der Waals surface area contributed by atoms with Crippen molar-refractivity contribution in [2.75, 3.05) is 26.2 Å². The number of nitrogens with zero attached hydrogens (tertiary/aromatic N) is 1. The minimum atomic E-state index is 0.716. The Kier molecular flexibility index (Phi) is 4.43. The van der Waals surface area contributed by atoms with E-state index in [1.165, 1.54) is 32.5 Å². The number of hydrogen-bond acceptors (Lipinski definition) is 3. The third kappa shape index (κ3) is 3.65. The molecule has 1 atom stereocenters. The molecule has 0 spiro atoms. The van der Waals surface area contributed by atoms with Crippen LogP contribution in [0.15, 0.2) is 22.8 Å². The van der Waals surface area contributed by atoms with Crippen molar-refractivity contribution in [3.05, 3.63) is 24.2 Å². The van der Waals surface area contributed by atoms with E-state index in [4.69, 9.17) is 4.42 Å². The van der Waals surface area contributed by atoms with E-state index in [2.05, 4.69) is 17.1 Å². The summed E-state index contributed by atoms with van der Waals surface area (Å²) >= 11 is 0. The van der Waals surface area contributed by atoms with Crippen LogP contribution in [0.4, 0.5) is 0 Å². The van der Waals surface area contributed by atoms with Gasteiger partial charge in [-0.1, -0.05) is 6.92 Å². The Morgan fingerprint density at radius 1 is 1.44 bits per heavy atom. The lowest BCUT2D eigenvalue weighted by molar-refractivity contribution is 0.281. The van der Waals surface area contributed by atoms with Crippen LogP contribution in [0.5, 0.6) is 0 Å². The zero-order valence-electron chi connectivity index (χ0n) is 10.1. The van der Waals surface area contributed by atoms with Crippen LogP contribution >= 0.6 is 0 Å². The molecule has 0 aliphatic carbocycles. The third-order valence-electron chi connectivity index (χ3n) is 3.14. The Balaban J connectivity index is 1.58. The monoisotopic (exact) mass is 222 g/mol. The first-order chi connectivity index (χ1) is 7.84. The third-order valence-corrected chi connectivity index (χ3v) is 3.14. The molecule has 1 aromatic rings. The lowest BCUT2D eigenvalue weighted by Gasteiger charge is -2.20. The highest BCUT2D eigenvalue weighted by molar-refractivity contribution is 4.97. The van der Waals surface area contributed by atoms with E-state index in [1.807, 2.05) is 12.1 Å². The number of likely N-dealkylation sites (tertiary alicyclic amines) is 1. The highest BCUT2D eigenvalue weighted by Crippen LogP contribution is 2.09. The molecule has 0 aromatic carbocycles. The first-order valence-corrected chi connectivity index (χ1v) is 6.30. The van der Waals surface area contributed by atoms with Crippen LogP contribution in [0.3, 0.4) is 0 Å². The maximum Gasteiger partial charge on any atom is 0.117 e. The summed E-state index contributed by atoms with van der Waals surface area (Å²) in [4.78, 5) is 2.57. The van der Waals surface area contributed by atoms with E-state index in [0.29, 0.717) is 5.92 Å². The van der Waals surface area contributed by atoms with Crippen molar-refractivity contribution >= 4 is 0 Å². The molecular weight excluding hydrogens is 200 g/mol. The molecule has 0 saturated carbocycles. The smallest absolute Gasteiger partial charge is 0.117 e. The van der Waals surface area contributed by atoms with Gasteiger partial charge in [0.25, 0.3) is 0 Å². The zero-order chi connectivity index (χ0) is 11.2. The topological polar surface area (TPSA) is 28.4 Å². The highest BCUT2D eigenvalue weighted by atomic mass is 16.3. The van der Waals surface area contributed by atoms with Crippen molar-refractivity contribution < 1.29 is 4.42 Å². The van der Waals surface area contributed by atoms with E-state index >= 15 is 0 Å². The summed E-state index contributed by atoms with van der Waals surface area (Å²) in [6.07, 6.45) is 4.49. The molecule has 1 aromatic heterocycles. The quantitative estimate of drug-likeness (QED) is 0.799. The van der Waals surface area contributed by atoms with Gasteiger partial charge in [-0.3, -0.25) is 0 Å². The molecule has 1 aliphatic rings. The molecule has 1 unspecified atom stereocenters. The molecule has 90 valence electrons. The van der Waals surface area contributed by atoms with Crippen molar-refractivity contribution in [2.24, 2.45) is 5.92 Å². The molecule has 16 heavy (non-hydrogen) atoms. The molecule has 0 amide bonds. The van der Waals surface area contributed by atoms with Crippen LogP contribution in [-0.4, -0.2) is 31.1 Å². The number of hydrogen-bond donors (Lipinski definition) is 1. The molecule has 3 nitrogen and oxygen atoms in total. The number of furan rings is 1. The average molecular weight is 222 g/mol. The van der Waals surface area contributed by atoms with Crippen LogP contribution in [0.2, 0.25) is 0 Å². The minimum absolute atomic E-state index is 0.716. The standard InChI is InChI=1S/C13H22N2O/c1-12(11-15-6-2-3-7-15)9-14-10-13-5-4-8-16-13/h4-5,8,12,14H,2-3,6-7,9-11H2,1H3. The summed E-state index contributed by atoms with van der Waals surface area (Å²) in [7, 11) is 0. The van der Waals surface area contributed by atoms with E-state index in [1.54, 1.807) is 6.26 Å². The summed E-state index contributed by atoms with van der Waals surface area (Å²) < 4.78 is 5.28. The van der Waals surface area contributed by atoms with Gasteiger partial charge in [-0.05, 0) is 50.5 Å². The van der Waals surface area contributed by atoms with E-state index in [-0.39, 0.29) is 0 Å².